The van der Waals surface area contributed by atoms with Gasteiger partial charge in [-0.25, -0.2) is 4.48 Å². The predicted octanol–water partition coefficient (Wildman–Crippen LogP) is 0.196. The first-order valence-electron chi connectivity index (χ1n) is 4.93. The number of piperazine rings is 1. The van der Waals surface area contributed by atoms with Gasteiger partial charge in [0, 0.05) is 13.1 Å². The summed E-state index contributed by atoms with van der Waals surface area (Å²) in [6, 6.07) is 0. The number of quaternary nitrogens is 1. The van der Waals surface area contributed by atoms with Crippen molar-refractivity contribution in [2.24, 2.45) is 0 Å². The van der Waals surface area contributed by atoms with Crippen molar-refractivity contribution in [1.29, 1.82) is 0 Å². The van der Waals surface area contributed by atoms with E-state index in [1.807, 2.05) is 6.92 Å². The van der Waals surface area contributed by atoms with Crippen molar-refractivity contribution >= 4 is 6.09 Å². The van der Waals surface area contributed by atoms with Gasteiger partial charge in [-0.05, 0) is 12.8 Å². The number of nitrogens with one attached hydrogen (secondary N) is 1. The molecule has 78 valence electrons. The average molecular weight is 197 g/mol. The molecule has 1 aliphatic heterocycles. The maximum absolute atomic E-state index is 11.7. The molecule has 0 aliphatic carbocycles. The van der Waals surface area contributed by atoms with Crippen LogP contribution in [0.4, 0.5) is 4.79 Å². The minimum Gasteiger partial charge on any atom is -0.420 e. The number of nitrogens with zero attached hydrogens (tertiary/aromatic N) is 1. The number of amides is 1. The Morgan fingerprint density at radius 1 is 1.57 bits per heavy atom. The number of carbonyl (C=O) groups excluding carboxylic acids is 1. The fraction of sp³-hybridized carbons (Fsp3) is 0.700. The highest BCUT2D eigenvalue weighted by atomic mass is 16.6. The standard InChI is InChI=1S/C10H17N2O2/c1-3-7-12(10(13)14-4-2)8-5-11-6-9-12/h1,11H,4-9H2,2H3/q+1. The monoisotopic (exact) mass is 197 g/mol. The summed E-state index contributed by atoms with van der Waals surface area (Å²) in [4.78, 5) is 11.7. The third-order valence-corrected chi connectivity index (χ3v) is 2.48. The summed E-state index contributed by atoms with van der Waals surface area (Å²) in [6.07, 6.45) is 5.10. The van der Waals surface area contributed by atoms with Gasteiger partial charge in [-0.3, -0.25) is 0 Å². The Labute approximate surface area is 84.8 Å². The molecule has 0 unspecified atom stereocenters. The largest absolute Gasteiger partial charge is 0.516 e. The highest BCUT2D eigenvalue weighted by Crippen LogP contribution is 2.11. The minimum atomic E-state index is -0.188. The molecular formula is C10H17N2O2+. The van der Waals surface area contributed by atoms with Crippen molar-refractivity contribution in [3.8, 4) is 12.3 Å². The van der Waals surface area contributed by atoms with Crippen LogP contribution in [0.15, 0.2) is 0 Å². The molecule has 1 N–H and O–H groups in total. The van der Waals surface area contributed by atoms with Crippen LogP contribution in [0.2, 0.25) is 0 Å². The molecule has 0 radical (unpaired) electrons. The zero-order valence-corrected chi connectivity index (χ0v) is 8.58. The van der Waals surface area contributed by atoms with Gasteiger partial charge in [0.2, 0.25) is 0 Å². The number of hydrogen-bond acceptors (Lipinski definition) is 3. The summed E-state index contributed by atoms with van der Waals surface area (Å²) >= 11 is 0. The van der Waals surface area contributed by atoms with Crippen molar-refractivity contribution in [1.82, 2.24) is 5.32 Å². The molecule has 1 amide bonds. The molecule has 0 aromatic carbocycles. The molecule has 1 saturated heterocycles. The lowest BCUT2D eigenvalue weighted by Gasteiger charge is -2.35. The Balaban J connectivity index is 2.69. The second kappa shape index (κ2) is 4.99. The van der Waals surface area contributed by atoms with Gasteiger partial charge in [-0.15, -0.1) is 6.42 Å². The maximum Gasteiger partial charge on any atom is 0.516 e. The summed E-state index contributed by atoms with van der Waals surface area (Å²) in [7, 11) is 0. The highest BCUT2D eigenvalue weighted by molar-refractivity contribution is 5.60. The SMILES string of the molecule is C#CC[N+]1(C(=O)OCC)CCNCC1. The van der Waals surface area contributed by atoms with E-state index in [4.69, 9.17) is 11.2 Å². The zero-order chi connectivity index (χ0) is 10.4. The molecule has 4 heteroatoms. The highest BCUT2D eigenvalue weighted by Gasteiger charge is 2.39. The van der Waals surface area contributed by atoms with E-state index in [0.29, 0.717) is 13.2 Å². The second-order valence-corrected chi connectivity index (χ2v) is 3.40. The first-order valence-corrected chi connectivity index (χ1v) is 4.93. The Morgan fingerprint density at radius 3 is 2.71 bits per heavy atom. The summed E-state index contributed by atoms with van der Waals surface area (Å²) in [5.74, 6) is 2.56. The molecule has 4 nitrogen and oxygen atoms in total. The topological polar surface area (TPSA) is 38.3 Å². The number of rotatable bonds is 2. The molecule has 0 atom stereocenters. The van der Waals surface area contributed by atoms with Gasteiger partial charge >= 0.3 is 6.09 Å². The number of terminal acetylenes is 1. The Kier molecular flexibility index (Phi) is 3.93. The van der Waals surface area contributed by atoms with Gasteiger partial charge in [0.15, 0.2) is 6.54 Å². The zero-order valence-electron chi connectivity index (χ0n) is 8.58. The van der Waals surface area contributed by atoms with Crippen molar-refractivity contribution < 1.29 is 14.0 Å². The average Bonchev–Trinajstić information content (AvgIpc) is 2.20. The van der Waals surface area contributed by atoms with E-state index < -0.39 is 0 Å². The van der Waals surface area contributed by atoms with Gasteiger partial charge in [-0.1, -0.05) is 0 Å². The van der Waals surface area contributed by atoms with Crippen molar-refractivity contribution in [2.45, 2.75) is 6.92 Å². The van der Waals surface area contributed by atoms with Gasteiger partial charge < -0.3 is 10.1 Å². The summed E-state index contributed by atoms with van der Waals surface area (Å²) in [6.45, 7) is 5.75. The van der Waals surface area contributed by atoms with E-state index in [2.05, 4.69) is 11.2 Å². The number of carbonyl (C=O) groups is 1. The first kappa shape index (κ1) is 11.0. The van der Waals surface area contributed by atoms with Crippen LogP contribution in [-0.2, 0) is 4.74 Å². The lowest BCUT2D eigenvalue weighted by Crippen LogP contribution is -2.62. The number of hydrogen-bond donors (Lipinski definition) is 1. The second-order valence-electron chi connectivity index (χ2n) is 3.40. The smallest absolute Gasteiger partial charge is 0.420 e. The molecule has 1 rings (SSSR count). The molecule has 0 spiro atoms. The first-order chi connectivity index (χ1) is 6.75. The van der Waals surface area contributed by atoms with E-state index >= 15 is 0 Å². The van der Waals surface area contributed by atoms with E-state index in [1.165, 1.54) is 0 Å². The molecule has 0 saturated carbocycles. The van der Waals surface area contributed by atoms with Crippen LogP contribution in [0.1, 0.15) is 6.92 Å². The normalized spacial score (nSPS) is 19.7. The summed E-state index contributed by atoms with van der Waals surface area (Å²) in [5.41, 5.74) is 0. The van der Waals surface area contributed by atoms with E-state index in [0.717, 1.165) is 26.2 Å². The van der Waals surface area contributed by atoms with Crippen LogP contribution >= 0.6 is 0 Å². The summed E-state index contributed by atoms with van der Waals surface area (Å²) in [5, 5.41) is 3.20. The Morgan fingerprint density at radius 2 is 2.21 bits per heavy atom. The fourth-order valence-corrected chi connectivity index (χ4v) is 1.66. The van der Waals surface area contributed by atoms with E-state index in [9.17, 15) is 4.79 Å². The van der Waals surface area contributed by atoms with Crippen LogP contribution in [0.25, 0.3) is 0 Å². The molecule has 1 aliphatic rings. The van der Waals surface area contributed by atoms with Gasteiger partial charge in [0.05, 0.1) is 6.61 Å². The lowest BCUT2D eigenvalue weighted by molar-refractivity contribution is -0.852. The van der Waals surface area contributed by atoms with Crippen LogP contribution in [0.3, 0.4) is 0 Å². The van der Waals surface area contributed by atoms with Crippen LogP contribution in [-0.4, -0.2) is 49.9 Å². The van der Waals surface area contributed by atoms with Gasteiger partial charge in [0.1, 0.15) is 13.1 Å². The Hall–Kier alpha value is -1.05. The quantitative estimate of drug-likeness (QED) is 0.507. The molecule has 1 heterocycles. The molecule has 0 aromatic heterocycles. The molecule has 14 heavy (non-hydrogen) atoms. The molecule has 0 aromatic rings. The summed E-state index contributed by atoms with van der Waals surface area (Å²) < 4.78 is 5.32. The lowest BCUT2D eigenvalue weighted by atomic mass is 10.3. The fourth-order valence-electron chi connectivity index (χ4n) is 1.66. The predicted molar refractivity (Wildman–Crippen MR) is 53.6 cm³/mol. The van der Waals surface area contributed by atoms with Crippen LogP contribution in [0.5, 0.6) is 0 Å². The van der Waals surface area contributed by atoms with Crippen molar-refractivity contribution in [3.63, 3.8) is 0 Å². The van der Waals surface area contributed by atoms with Crippen LogP contribution < -0.4 is 5.32 Å². The maximum atomic E-state index is 11.7. The van der Waals surface area contributed by atoms with Gasteiger partial charge in [0.25, 0.3) is 0 Å². The van der Waals surface area contributed by atoms with Crippen LogP contribution in [0, 0.1) is 12.3 Å². The van der Waals surface area contributed by atoms with Gasteiger partial charge in [-0.2, -0.15) is 4.79 Å². The minimum absolute atomic E-state index is 0.188. The number of ether oxygens (including phenoxy) is 1. The third-order valence-electron chi connectivity index (χ3n) is 2.48. The molecular weight excluding hydrogens is 180 g/mol. The van der Waals surface area contributed by atoms with Crippen molar-refractivity contribution in [2.75, 3.05) is 39.3 Å². The Bertz CT molecular complexity index is 239. The van der Waals surface area contributed by atoms with E-state index in [-0.39, 0.29) is 10.6 Å². The van der Waals surface area contributed by atoms with E-state index in [1.54, 1.807) is 0 Å². The molecule has 0 bridgehead atoms. The van der Waals surface area contributed by atoms with Crippen molar-refractivity contribution in [3.05, 3.63) is 0 Å². The third kappa shape index (κ3) is 2.25. The molecule has 1 fully saturated rings.